The Balaban J connectivity index is 1.53. The molecule has 2 heterocycles. The summed E-state index contributed by atoms with van der Waals surface area (Å²) in [5.74, 6) is 0.175. The van der Waals surface area contributed by atoms with E-state index >= 15 is 0 Å². The predicted octanol–water partition coefficient (Wildman–Crippen LogP) is 3.49. The fourth-order valence-corrected chi connectivity index (χ4v) is 4.06. The first-order valence-electron chi connectivity index (χ1n) is 11.4. The zero-order valence-corrected chi connectivity index (χ0v) is 19.6. The van der Waals surface area contributed by atoms with Crippen molar-refractivity contribution in [1.29, 1.82) is 0 Å². The highest BCUT2D eigenvalue weighted by molar-refractivity contribution is 6.01. The van der Waals surface area contributed by atoms with Gasteiger partial charge in [-0.3, -0.25) is 9.80 Å². The maximum absolute atomic E-state index is 12.7. The molecule has 0 unspecified atom stereocenters. The summed E-state index contributed by atoms with van der Waals surface area (Å²) in [7, 11) is 1.70. The highest BCUT2D eigenvalue weighted by Gasteiger charge is 2.24. The largest absolute Gasteiger partial charge is 0.382 e. The summed E-state index contributed by atoms with van der Waals surface area (Å²) < 4.78 is 5.32. The van der Waals surface area contributed by atoms with Crippen LogP contribution in [-0.4, -0.2) is 52.9 Å². The fraction of sp³-hybridized carbons (Fsp3) is 0.308. The van der Waals surface area contributed by atoms with Crippen molar-refractivity contribution in [2.24, 2.45) is 5.10 Å². The predicted molar refractivity (Wildman–Crippen MR) is 133 cm³/mol. The molecule has 0 bridgehead atoms. The molecule has 1 aliphatic rings. The number of nitrogens with one attached hydrogen (secondary N) is 1. The number of hydrogen-bond acceptors (Lipinski definition) is 7. The van der Waals surface area contributed by atoms with Crippen LogP contribution in [0.25, 0.3) is 11.3 Å². The third kappa shape index (κ3) is 5.58. The summed E-state index contributed by atoms with van der Waals surface area (Å²) >= 11 is 0. The first-order valence-corrected chi connectivity index (χ1v) is 11.4. The number of hydrazone groups is 1. The van der Waals surface area contributed by atoms with Crippen molar-refractivity contribution in [1.82, 2.24) is 20.3 Å². The lowest BCUT2D eigenvalue weighted by Crippen LogP contribution is -2.29. The molecule has 0 radical (unpaired) electrons. The summed E-state index contributed by atoms with van der Waals surface area (Å²) in [4.78, 5) is 21.8. The van der Waals surface area contributed by atoms with Crippen molar-refractivity contribution in [2.75, 3.05) is 26.0 Å². The molecule has 34 heavy (non-hydrogen) atoms. The van der Waals surface area contributed by atoms with Crippen LogP contribution in [0.5, 0.6) is 0 Å². The summed E-state index contributed by atoms with van der Waals surface area (Å²) in [6.45, 7) is 3.86. The molecule has 4 rings (SSSR count). The molecule has 8 nitrogen and oxygen atoms in total. The normalized spacial score (nSPS) is 16.0. The lowest BCUT2D eigenvalue weighted by Gasteiger charge is -2.21. The van der Waals surface area contributed by atoms with E-state index in [2.05, 4.69) is 10.3 Å². The standard InChI is InChI=1S/C26H30N6O2/c1-18(31-32-13-7-12-22(32)17-34-2)24-25(27)28-16-23(30-24)20-10-6-11-21(14-20)26(33)29-15-19-8-4-3-5-9-19/h3-6,8-11,14,16,22H,7,12-13,15,17H2,1-2H3,(H2,27,28)(H,29,33)/t22-/m1/s1. The number of benzene rings is 2. The van der Waals surface area contributed by atoms with Crippen LogP contribution >= 0.6 is 0 Å². The summed E-state index contributed by atoms with van der Waals surface area (Å²) in [5.41, 5.74) is 10.4. The summed E-state index contributed by atoms with van der Waals surface area (Å²) in [5, 5.41) is 9.77. The topological polar surface area (TPSA) is 106 Å². The van der Waals surface area contributed by atoms with Crippen LogP contribution in [0.3, 0.4) is 0 Å². The van der Waals surface area contributed by atoms with Crippen LogP contribution in [0.15, 0.2) is 65.9 Å². The third-order valence-corrected chi connectivity index (χ3v) is 5.84. The molecule has 0 spiro atoms. The smallest absolute Gasteiger partial charge is 0.251 e. The van der Waals surface area contributed by atoms with E-state index in [1.54, 1.807) is 19.4 Å². The van der Waals surface area contributed by atoms with E-state index in [4.69, 9.17) is 20.6 Å². The van der Waals surface area contributed by atoms with Crippen molar-refractivity contribution < 1.29 is 9.53 Å². The average molecular weight is 459 g/mol. The highest BCUT2D eigenvalue weighted by atomic mass is 16.5. The van der Waals surface area contributed by atoms with Crippen molar-refractivity contribution in [3.05, 3.63) is 77.6 Å². The number of carbonyl (C=O) groups excluding carboxylic acids is 1. The van der Waals surface area contributed by atoms with Crippen molar-refractivity contribution >= 4 is 17.4 Å². The minimum absolute atomic E-state index is 0.148. The second kappa shape index (κ2) is 10.9. The molecular weight excluding hydrogens is 428 g/mol. The summed E-state index contributed by atoms with van der Waals surface area (Å²) in [6.07, 6.45) is 3.74. The second-order valence-corrected chi connectivity index (χ2v) is 8.34. The van der Waals surface area contributed by atoms with Gasteiger partial charge in [0.1, 0.15) is 5.69 Å². The van der Waals surface area contributed by atoms with E-state index in [0.717, 1.165) is 30.5 Å². The van der Waals surface area contributed by atoms with Crippen molar-refractivity contribution in [3.63, 3.8) is 0 Å². The molecule has 1 atom stereocenters. The zero-order chi connectivity index (χ0) is 23.9. The molecule has 8 heteroatoms. The molecule has 176 valence electrons. The lowest BCUT2D eigenvalue weighted by molar-refractivity contribution is 0.0951. The van der Waals surface area contributed by atoms with Gasteiger partial charge in [-0.15, -0.1) is 0 Å². The van der Waals surface area contributed by atoms with Gasteiger partial charge in [0.05, 0.1) is 30.3 Å². The highest BCUT2D eigenvalue weighted by Crippen LogP contribution is 2.22. The van der Waals surface area contributed by atoms with Gasteiger partial charge >= 0.3 is 0 Å². The Morgan fingerprint density at radius 3 is 2.85 bits per heavy atom. The molecule has 1 saturated heterocycles. The van der Waals surface area contributed by atoms with Gasteiger partial charge < -0.3 is 15.8 Å². The Morgan fingerprint density at radius 2 is 2.06 bits per heavy atom. The quantitative estimate of drug-likeness (QED) is 0.501. The Hall–Kier alpha value is -3.78. The molecule has 3 N–H and O–H groups in total. The number of nitrogen functional groups attached to an aromatic ring is 1. The number of amides is 1. The monoisotopic (exact) mass is 458 g/mol. The first kappa shape index (κ1) is 23.4. The number of anilines is 1. The number of ether oxygens (including phenoxy) is 1. The number of rotatable bonds is 8. The van der Waals surface area contributed by atoms with E-state index in [1.165, 1.54) is 0 Å². The Bertz CT molecular complexity index is 1160. The molecule has 0 aliphatic carbocycles. The van der Waals surface area contributed by atoms with E-state index in [-0.39, 0.29) is 11.9 Å². The van der Waals surface area contributed by atoms with Crippen LogP contribution in [0, 0.1) is 0 Å². The second-order valence-electron chi connectivity index (χ2n) is 8.34. The van der Waals surface area contributed by atoms with Gasteiger partial charge in [-0.1, -0.05) is 42.5 Å². The zero-order valence-electron chi connectivity index (χ0n) is 19.6. The number of hydrogen-bond donors (Lipinski definition) is 2. The van der Waals surface area contributed by atoms with Crippen LogP contribution < -0.4 is 11.1 Å². The minimum Gasteiger partial charge on any atom is -0.382 e. The van der Waals surface area contributed by atoms with Crippen LogP contribution in [0.1, 0.15) is 41.4 Å². The molecule has 1 amide bonds. The Morgan fingerprint density at radius 1 is 1.24 bits per heavy atom. The third-order valence-electron chi connectivity index (χ3n) is 5.84. The molecular formula is C26H30N6O2. The summed E-state index contributed by atoms with van der Waals surface area (Å²) in [6, 6.07) is 17.4. The first-order chi connectivity index (χ1) is 16.5. The van der Waals surface area contributed by atoms with E-state index in [0.29, 0.717) is 41.6 Å². The molecule has 1 aromatic heterocycles. The number of methoxy groups -OCH3 is 1. The van der Waals surface area contributed by atoms with E-state index < -0.39 is 0 Å². The van der Waals surface area contributed by atoms with Gasteiger partial charge in [0.2, 0.25) is 0 Å². The Labute approximate surface area is 199 Å². The van der Waals surface area contributed by atoms with Crippen LogP contribution in [-0.2, 0) is 11.3 Å². The molecule has 2 aromatic carbocycles. The van der Waals surface area contributed by atoms with E-state index in [9.17, 15) is 4.79 Å². The minimum atomic E-state index is -0.148. The van der Waals surface area contributed by atoms with Gasteiger partial charge in [-0.25, -0.2) is 9.97 Å². The van der Waals surface area contributed by atoms with Crippen LogP contribution in [0.2, 0.25) is 0 Å². The maximum Gasteiger partial charge on any atom is 0.251 e. The number of nitrogens with two attached hydrogens (primary N) is 1. The molecule has 3 aromatic rings. The SMILES string of the molecule is COC[C@H]1CCCN1N=C(C)c1nc(-c2cccc(C(=O)NCc3ccccc3)c2)cnc1N. The van der Waals surface area contributed by atoms with Gasteiger partial charge in [-0.2, -0.15) is 5.10 Å². The van der Waals surface area contributed by atoms with Gasteiger partial charge in [-0.05, 0) is 37.5 Å². The van der Waals surface area contributed by atoms with Crippen molar-refractivity contribution in [3.8, 4) is 11.3 Å². The van der Waals surface area contributed by atoms with Gasteiger partial charge in [0, 0.05) is 31.3 Å². The average Bonchev–Trinajstić information content (AvgIpc) is 3.30. The van der Waals surface area contributed by atoms with Crippen LogP contribution in [0.4, 0.5) is 5.82 Å². The van der Waals surface area contributed by atoms with Gasteiger partial charge in [0.25, 0.3) is 5.91 Å². The van der Waals surface area contributed by atoms with E-state index in [1.807, 2.05) is 60.5 Å². The molecule has 0 saturated carbocycles. The maximum atomic E-state index is 12.7. The fourth-order valence-electron chi connectivity index (χ4n) is 4.06. The molecule has 1 fully saturated rings. The van der Waals surface area contributed by atoms with Crippen molar-refractivity contribution in [2.45, 2.75) is 32.4 Å². The Kier molecular flexibility index (Phi) is 7.49. The number of carbonyl (C=O) groups is 1. The number of nitrogens with zero attached hydrogens (tertiary/aromatic N) is 4. The lowest BCUT2D eigenvalue weighted by atomic mass is 10.1. The van der Waals surface area contributed by atoms with Gasteiger partial charge in [0.15, 0.2) is 5.82 Å². The molecule has 1 aliphatic heterocycles. The number of aromatic nitrogens is 2.